The summed E-state index contributed by atoms with van der Waals surface area (Å²) in [6.45, 7) is 0. The number of benzene rings is 2. The summed E-state index contributed by atoms with van der Waals surface area (Å²) in [5.74, 6) is -1.75. The van der Waals surface area contributed by atoms with Gasteiger partial charge in [0.1, 0.15) is 0 Å². The third-order valence-corrected chi connectivity index (χ3v) is 3.86. The SMILES string of the molecule is COc1cc(/C=C(C(=O)O)\C(=C\c2ccccc2)C(=O)O)cc(OC)c1OC. The Bertz CT molecular complexity index is 902. The molecule has 0 bridgehead atoms. The molecule has 0 aliphatic rings. The first-order chi connectivity index (χ1) is 13.4. The van der Waals surface area contributed by atoms with Gasteiger partial charge in [-0.2, -0.15) is 0 Å². The number of hydrogen-bond acceptors (Lipinski definition) is 5. The van der Waals surface area contributed by atoms with Crippen LogP contribution in [0.4, 0.5) is 0 Å². The van der Waals surface area contributed by atoms with Crippen molar-refractivity contribution in [2.75, 3.05) is 21.3 Å². The van der Waals surface area contributed by atoms with E-state index in [0.29, 0.717) is 28.4 Å². The molecule has 2 aromatic carbocycles. The molecule has 0 amide bonds. The van der Waals surface area contributed by atoms with Gasteiger partial charge in [-0.3, -0.25) is 0 Å². The van der Waals surface area contributed by atoms with Crippen molar-refractivity contribution in [1.29, 1.82) is 0 Å². The summed E-state index contributed by atoms with van der Waals surface area (Å²) >= 11 is 0. The van der Waals surface area contributed by atoms with E-state index in [9.17, 15) is 19.8 Å². The third kappa shape index (κ3) is 4.70. The van der Waals surface area contributed by atoms with Crippen LogP contribution < -0.4 is 14.2 Å². The molecule has 146 valence electrons. The molecule has 0 spiro atoms. The molecule has 0 unspecified atom stereocenters. The lowest BCUT2D eigenvalue weighted by Crippen LogP contribution is -2.11. The molecule has 2 aromatic rings. The number of methoxy groups -OCH3 is 3. The summed E-state index contributed by atoms with van der Waals surface area (Å²) in [5.41, 5.74) is 0.210. The quantitative estimate of drug-likeness (QED) is 0.531. The van der Waals surface area contributed by atoms with Crippen molar-refractivity contribution >= 4 is 24.1 Å². The van der Waals surface area contributed by atoms with Crippen LogP contribution in [0.3, 0.4) is 0 Å². The lowest BCUT2D eigenvalue weighted by atomic mass is 10.00. The highest BCUT2D eigenvalue weighted by Gasteiger charge is 2.21. The first-order valence-electron chi connectivity index (χ1n) is 8.16. The van der Waals surface area contributed by atoms with E-state index in [2.05, 4.69) is 0 Å². The van der Waals surface area contributed by atoms with Crippen LogP contribution in [0.15, 0.2) is 53.6 Å². The standard InChI is InChI=1S/C21H20O7/c1-26-17-11-14(12-18(27-2)19(17)28-3)10-16(21(24)25)15(20(22)23)9-13-7-5-4-6-8-13/h4-12H,1-3H3,(H,22,23)(H,24,25)/b15-9-,16-10+. The summed E-state index contributed by atoms with van der Waals surface area (Å²) in [7, 11) is 4.31. The molecule has 7 heteroatoms. The Labute approximate surface area is 162 Å². The molecule has 2 rings (SSSR count). The maximum Gasteiger partial charge on any atom is 0.336 e. The van der Waals surface area contributed by atoms with Crippen molar-refractivity contribution in [2.45, 2.75) is 0 Å². The minimum Gasteiger partial charge on any atom is -0.493 e. The van der Waals surface area contributed by atoms with Gasteiger partial charge in [0.15, 0.2) is 11.5 Å². The molecule has 0 aliphatic carbocycles. The maximum atomic E-state index is 11.8. The lowest BCUT2D eigenvalue weighted by molar-refractivity contribution is -0.136. The first kappa shape index (κ1) is 20.6. The molecular formula is C21H20O7. The van der Waals surface area contributed by atoms with Gasteiger partial charge < -0.3 is 24.4 Å². The summed E-state index contributed by atoms with van der Waals surface area (Å²) in [4.78, 5) is 23.6. The van der Waals surface area contributed by atoms with E-state index in [0.717, 1.165) is 0 Å². The van der Waals surface area contributed by atoms with Gasteiger partial charge in [0.05, 0.1) is 32.5 Å². The molecule has 7 nitrogen and oxygen atoms in total. The molecule has 0 fully saturated rings. The van der Waals surface area contributed by atoms with Crippen LogP contribution in [-0.4, -0.2) is 43.5 Å². The van der Waals surface area contributed by atoms with Gasteiger partial charge in [0, 0.05) is 0 Å². The fourth-order valence-corrected chi connectivity index (χ4v) is 2.58. The third-order valence-electron chi connectivity index (χ3n) is 3.86. The van der Waals surface area contributed by atoms with Gasteiger partial charge in [-0.05, 0) is 35.4 Å². The van der Waals surface area contributed by atoms with Crippen molar-refractivity contribution < 1.29 is 34.0 Å². The van der Waals surface area contributed by atoms with Crippen LogP contribution >= 0.6 is 0 Å². The number of carboxylic acid groups (broad SMARTS) is 2. The highest BCUT2D eigenvalue weighted by atomic mass is 16.5. The monoisotopic (exact) mass is 384 g/mol. The van der Waals surface area contributed by atoms with E-state index in [1.807, 2.05) is 0 Å². The van der Waals surface area contributed by atoms with Gasteiger partial charge in [0.25, 0.3) is 0 Å². The van der Waals surface area contributed by atoms with Crippen LogP contribution in [0.5, 0.6) is 17.2 Å². The Balaban J connectivity index is 2.65. The Morgan fingerprint density at radius 1 is 0.750 bits per heavy atom. The Hall–Kier alpha value is -3.74. The molecule has 0 heterocycles. The largest absolute Gasteiger partial charge is 0.493 e. The zero-order valence-electron chi connectivity index (χ0n) is 15.6. The van der Waals surface area contributed by atoms with Crippen molar-refractivity contribution in [3.05, 3.63) is 64.7 Å². The van der Waals surface area contributed by atoms with E-state index in [4.69, 9.17) is 14.2 Å². The number of ether oxygens (including phenoxy) is 3. The van der Waals surface area contributed by atoms with Gasteiger partial charge in [-0.25, -0.2) is 9.59 Å². The van der Waals surface area contributed by atoms with E-state index < -0.39 is 11.9 Å². The minimum atomic E-state index is -1.38. The van der Waals surface area contributed by atoms with Gasteiger partial charge in [-0.1, -0.05) is 30.3 Å². The van der Waals surface area contributed by atoms with Gasteiger partial charge in [-0.15, -0.1) is 0 Å². The molecule has 0 saturated carbocycles. The van der Waals surface area contributed by atoms with E-state index in [1.165, 1.54) is 45.6 Å². The second-order valence-corrected chi connectivity index (χ2v) is 5.60. The van der Waals surface area contributed by atoms with Crippen LogP contribution in [0.1, 0.15) is 11.1 Å². The van der Waals surface area contributed by atoms with Crippen molar-refractivity contribution in [3.63, 3.8) is 0 Å². The van der Waals surface area contributed by atoms with Crippen LogP contribution in [0.25, 0.3) is 12.2 Å². The molecule has 28 heavy (non-hydrogen) atoms. The number of aliphatic carboxylic acids is 2. The Morgan fingerprint density at radius 2 is 1.21 bits per heavy atom. The predicted octanol–water partition coefficient (Wildman–Crippen LogP) is 3.35. The average molecular weight is 384 g/mol. The van der Waals surface area contributed by atoms with Crippen LogP contribution in [0, 0.1) is 0 Å². The first-order valence-corrected chi connectivity index (χ1v) is 8.16. The second-order valence-electron chi connectivity index (χ2n) is 5.60. The van der Waals surface area contributed by atoms with E-state index in [-0.39, 0.29) is 11.1 Å². The number of carbonyl (C=O) groups is 2. The number of rotatable bonds is 8. The lowest BCUT2D eigenvalue weighted by Gasteiger charge is -2.13. The van der Waals surface area contributed by atoms with E-state index >= 15 is 0 Å². The smallest absolute Gasteiger partial charge is 0.336 e. The summed E-state index contributed by atoms with van der Waals surface area (Å²) in [5, 5.41) is 19.2. The predicted molar refractivity (Wildman–Crippen MR) is 104 cm³/mol. The van der Waals surface area contributed by atoms with E-state index in [1.54, 1.807) is 30.3 Å². The maximum absolute atomic E-state index is 11.8. The normalized spacial score (nSPS) is 11.7. The van der Waals surface area contributed by atoms with Gasteiger partial charge >= 0.3 is 11.9 Å². The van der Waals surface area contributed by atoms with Crippen molar-refractivity contribution in [3.8, 4) is 17.2 Å². The Kier molecular flexibility index (Phi) is 6.81. The molecule has 0 aliphatic heterocycles. The van der Waals surface area contributed by atoms with Gasteiger partial charge in [0.2, 0.25) is 5.75 Å². The zero-order chi connectivity index (χ0) is 20.7. The van der Waals surface area contributed by atoms with Crippen LogP contribution in [0.2, 0.25) is 0 Å². The molecule has 0 atom stereocenters. The average Bonchev–Trinajstić information content (AvgIpc) is 2.70. The number of carboxylic acids is 2. The molecule has 2 N–H and O–H groups in total. The fraction of sp³-hybridized carbons (Fsp3) is 0.143. The number of hydrogen-bond donors (Lipinski definition) is 2. The summed E-state index contributed by atoms with van der Waals surface area (Å²) in [6.07, 6.45) is 2.55. The fourth-order valence-electron chi connectivity index (χ4n) is 2.58. The summed E-state index contributed by atoms with van der Waals surface area (Å²) in [6, 6.07) is 11.7. The molecular weight excluding hydrogens is 364 g/mol. The zero-order valence-corrected chi connectivity index (χ0v) is 15.6. The summed E-state index contributed by atoms with van der Waals surface area (Å²) < 4.78 is 15.7. The van der Waals surface area contributed by atoms with Crippen LogP contribution in [-0.2, 0) is 9.59 Å². The highest BCUT2D eigenvalue weighted by molar-refractivity contribution is 6.11. The molecule has 0 aromatic heterocycles. The minimum absolute atomic E-state index is 0.321. The van der Waals surface area contributed by atoms with Crippen molar-refractivity contribution in [2.24, 2.45) is 0 Å². The molecule has 0 saturated heterocycles. The topological polar surface area (TPSA) is 102 Å². The second kappa shape index (κ2) is 9.27. The highest BCUT2D eigenvalue weighted by Crippen LogP contribution is 2.39. The Morgan fingerprint density at radius 3 is 1.61 bits per heavy atom. The van der Waals surface area contributed by atoms with Crippen molar-refractivity contribution in [1.82, 2.24) is 0 Å². The molecule has 0 radical (unpaired) electrons.